The second-order valence-corrected chi connectivity index (χ2v) is 2.82. The van der Waals surface area contributed by atoms with Gasteiger partial charge in [0.25, 0.3) is 0 Å². The smallest absolute Gasteiger partial charge is 0.329 e. The van der Waals surface area contributed by atoms with Crippen LogP contribution in [0.25, 0.3) is 0 Å². The largest absolute Gasteiger partial charge is 0.466 e. The quantitative estimate of drug-likeness (QED) is 0.498. The number of rotatable bonds is 4. The summed E-state index contributed by atoms with van der Waals surface area (Å²) in [5, 5.41) is 0. The lowest BCUT2D eigenvalue weighted by molar-refractivity contribution is -0.134. The van der Waals surface area contributed by atoms with E-state index < -0.39 is 5.97 Å². The fraction of sp³-hybridized carbons (Fsp3) is 0.727. The summed E-state index contributed by atoms with van der Waals surface area (Å²) in [7, 11) is 1.31. The zero-order valence-corrected chi connectivity index (χ0v) is 9.30. The van der Waals surface area contributed by atoms with Crippen LogP contribution in [-0.2, 0) is 9.53 Å². The van der Waals surface area contributed by atoms with E-state index in [0.717, 1.165) is 12.0 Å². The first-order valence-electron chi connectivity index (χ1n) is 4.86. The molecule has 0 heterocycles. The first-order chi connectivity index (χ1) is 6.15. The number of hydrogen-bond donors (Lipinski definition) is 0. The van der Waals surface area contributed by atoms with E-state index in [4.69, 9.17) is 0 Å². The third-order valence-electron chi connectivity index (χ3n) is 2.10. The molecule has 0 unspecified atom stereocenters. The maximum absolute atomic E-state index is 9.84. The van der Waals surface area contributed by atoms with Crippen molar-refractivity contribution in [1.29, 1.82) is 0 Å². The Morgan fingerprint density at radius 2 is 1.69 bits per heavy atom. The van der Waals surface area contributed by atoms with Crippen LogP contribution in [0.1, 0.15) is 40.0 Å². The number of ether oxygens (including phenoxy) is 1. The van der Waals surface area contributed by atoms with E-state index in [2.05, 4.69) is 32.1 Å². The first-order valence-corrected chi connectivity index (χ1v) is 4.86. The molecule has 0 radical (unpaired) electrons. The van der Waals surface area contributed by atoms with Gasteiger partial charge < -0.3 is 4.74 Å². The molecule has 0 saturated carbocycles. The molecule has 0 aliphatic heterocycles. The van der Waals surface area contributed by atoms with Crippen molar-refractivity contribution in [3.05, 3.63) is 12.7 Å². The molecule has 78 valence electrons. The molecule has 0 atom stereocenters. The summed E-state index contributed by atoms with van der Waals surface area (Å²) in [6.45, 7) is 9.94. The molecule has 0 N–H and O–H groups in total. The summed E-state index contributed by atoms with van der Waals surface area (Å²) in [6, 6.07) is 0. The Bertz CT molecular complexity index is 121. The average molecular weight is 186 g/mol. The highest BCUT2D eigenvalue weighted by Gasteiger charge is 1.95. The monoisotopic (exact) mass is 186 g/mol. The molecule has 0 fully saturated rings. The van der Waals surface area contributed by atoms with Gasteiger partial charge in [-0.3, -0.25) is 0 Å². The molecular formula is C11H22O2. The molecule has 0 saturated heterocycles. The lowest BCUT2D eigenvalue weighted by Crippen LogP contribution is -1.91. The number of carbonyl (C=O) groups is 1. The maximum Gasteiger partial charge on any atom is 0.329 e. The van der Waals surface area contributed by atoms with Crippen LogP contribution in [0.2, 0.25) is 0 Å². The molecular weight excluding hydrogens is 164 g/mol. The number of carbonyl (C=O) groups excluding carboxylic acids is 1. The van der Waals surface area contributed by atoms with Crippen molar-refractivity contribution in [2.45, 2.75) is 40.0 Å². The van der Waals surface area contributed by atoms with Crippen molar-refractivity contribution in [1.82, 2.24) is 0 Å². The normalized spacial score (nSPS) is 8.69. The van der Waals surface area contributed by atoms with Crippen molar-refractivity contribution in [2.75, 3.05) is 7.11 Å². The molecule has 0 spiro atoms. The molecule has 0 aromatic carbocycles. The first kappa shape index (κ1) is 14.7. The molecule has 0 aromatic heterocycles. The molecule has 2 heteroatoms. The Morgan fingerprint density at radius 1 is 1.31 bits per heavy atom. The Hall–Kier alpha value is -0.790. The third kappa shape index (κ3) is 11.2. The van der Waals surface area contributed by atoms with Gasteiger partial charge in [-0.15, -0.1) is 0 Å². The van der Waals surface area contributed by atoms with Crippen molar-refractivity contribution in [3.8, 4) is 0 Å². The van der Waals surface area contributed by atoms with Crippen LogP contribution in [0.5, 0.6) is 0 Å². The van der Waals surface area contributed by atoms with E-state index in [-0.39, 0.29) is 0 Å². The second kappa shape index (κ2) is 11.2. The van der Waals surface area contributed by atoms with Gasteiger partial charge in [-0.25, -0.2) is 4.79 Å². The van der Waals surface area contributed by atoms with Gasteiger partial charge in [0, 0.05) is 6.08 Å². The number of methoxy groups -OCH3 is 1. The predicted molar refractivity (Wildman–Crippen MR) is 56.6 cm³/mol. The second-order valence-electron chi connectivity index (χ2n) is 2.82. The fourth-order valence-corrected chi connectivity index (χ4v) is 0.949. The van der Waals surface area contributed by atoms with Gasteiger partial charge in [-0.05, 0) is 5.92 Å². The average Bonchev–Trinajstić information content (AvgIpc) is 2.20. The van der Waals surface area contributed by atoms with E-state index >= 15 is 0 Å². The van der Waals surface area contributed by atoms with Gasteiger partial charge in [0.1, 0.15) is 0 Å². The highest BCUT2D eigenvalue weighted by molar-refractivity contribution is 5.80. The van der Waals surface area contributed by atoms with E-state index in [0.29, 0.717) is 0 Å². The lowest BCUT2D eigenvalue weighted by atomic mass is 10.0. The summed E-state index contributed by atoms with van der Waals surface area (Å²) in [4.78, 5) is 9.84. The maximum atomic E-state index is 9.84. The molecule has 0 bridgehead atoms. The van der Waals surface area contributed by atoms with E-state index in [1.54, 1.807) is 0 Å². The molecule has 0 rings (SSSR count). The van der Waals surface area contributed by atoms with Crippen LogP contribution in [0.3, 0.4) is 0 Å². The summed E-state index contributed by atoms with van der Waals surface area (Å²) >= 11 is 0. The van der Waals surface area contributed by atoms with Gasteiger partial charge in [0.2, 0.25) is 0 Å². The van der Waals surface area contributed by atoms with Crippen molar-refractivity contribution < 1.29 is 9.53 Å². The van der Waals surface area contributed by atoms with Crippen LogP contribution in [0.15, 0.2) is 12.7 Å². The molecule has 0 aliphatic rings. The van der Waals surface area contributed by atoms with Gasteiger partial charge in [0.05, 0.1) is 7.11 Å². The van der Waals surface area contributed by atoms with Gasteiger partial charge in [-0.1, -0.05) is 46.6 Å². The van der Waals surface area contributed by atoms with Crippen LogP contribution < -0.4 is 0 Å². The predicted octanol–water partition coefficient (Wildman–Crippen LogP) is 3.18. The van der Waals surface area contributed by atoms with Crippen LogP contribution in [0.4, 0.5) is 0 Å². The number of esters is 1. The standard InChI is InChI=1S/C7H16.C4H6O2/c1-4-7(5-2)6-3;1-3-4(5)6-2/h7H,4-6H2,1-3H3;3H,1H2,2H3. The minimum absolute atomic E-state index is 0.394. The van der Waals surface area contributed by atoms with Crippen molar-refractivity contribution in [2.24, 2.45) is 5.92 Å². The molecule has 13 heavy (non-hydrogen) atoms. The minimum atomic E-state index is -0.394. The van der Waals surface area contributed by atoms with Crippen molar-refractivity contribution >= 4 is 5.97 Å². The molecule has 0 aromatic rings. The zero-order valence-electron chi connectivity index (χ0n) is 9.30. The minimum Gasteiger partial charge on any atom is -0.466 e. The Morgan fingerprint density at radius 3 is 1.69 bits per heavy atom. The van der Waals surface area contributed by atoms with Crippen LogP contribution >= 0.6 is 0 Å². The molecule has 0 amide bonds. The lowest BCUT2D eigenvalue weighted by Gasteiger charge is -2.05. The van der Waals surface area contributed by atoms with Crippen LogP contribution in [-0.4, -0.2) is 13.1 Å². The Balaban J connectivity index is 0. The van der Waals surface area contributed by atoms with Crippen LogP contribution in [0, 0.1) is 5.92 Å². The molecule has 2 nitrogen and oxygen atoms in total. The Labute approximate surface area is 82.0 Å². The van der Waals surface area contributed by atoms with Crippen molar-refractivity contribution in [3.63, 3.8) is 0 Å². The summed E-state index contributed by atoms with van der Waals surface area (Å²) in [5.41, 5.74) is 0. The highest BCUT2D eigenvalue weighted by Crippen LogP contribution is 2.09. The third-order valence-corrected chi connectivity index (χ3v) is 2.10. The molecule has 0 aliphatic carbocycles. The van der Waals surface area contributed by atoms with Gasteiger partial charge in [-0.2, -0.15) is 0 Å². The number of hydrogen-bond acceptors (Lipinski definition) is 2. The summed E-state index contributed by atoms with van der Waals surface area (Å²) in [5.74, 6) is 0.593. The SMILES string of the molecule is C=CC(=O)OC.CCC(CC)CC. The Kier molecular flexibility index (Phi) is 12.7. The zero-order chi connectivity index (χ0) is 10.7. The highest BCUT2D eigenvalue weighted by atomic mass is 16.5. The summed E-state index contributed by atoms with van der Waals surface area (Å²) < 4.78 is 4.14. The van der Waals surface area contributed by atoms with E-state index in [1.807, 2.05) is 0 Å². The topological polar surface area (TPSA) is 26.3 Å². The van der Waals surface area contributed by atoms with E-state index in [9.17, 15) is 4.79 Å². The summed E-state index contributed by atoms with van der Waals surface area (Å²) in [6.07, 6.45) is 5.17. The van der Waals surface area contributed by atoms with Gasteiger partial charge in [0.15, 0.2) is 0 Å². The van der Waals surface area contributed by atoms with E-state index in [1.165, 1.54) is 26.4 Å². The van der Waals surface area contributed by atoms with Gasteiger partial charge >= 0.3 is 5.97 Å². The fourth-order valence-electron chi connectivity index (χ4n) is 0.949.